The molecule has 0 fully saturated rings. The van der Waals surface area contributed by atoms with Gasteiger partial charge in [-0.15, -0.1) is 5.10 Å². The maximum absolute atomic E-state index is 12.5. The number of carbonyl (C=O) groups is 2. The third kappa shape index (κ3) is 4.26. The minimum atomic E-state index is -0.549. The summed E-state index contributed by atoms with van der Waals surface area (Å²) in [6, 6.07) is 9.19. The Hall–Kier alpha value is -3.77. The number of nitrogens with two attached hydrogens (primary N) is 2. The Morgan fingerprint density at radius 3 is 2.63 bits per heavy atom. The van der Waals surface area contributed by atoms with Crippen LogP contribution in [0.2, 0.25) is 0 Å². The van der Waals surface area contributed by atoms with Crippen molar-refractivity contribution in [2.45, 2.75) is 0 Å². The fourth-order valence-electron chi connectivity index (χ4n) is 2.16. The number of aromatic amines is 2. The van der Waals surface area contributed by atoms with Crippen LogP contribution in [0.3, 0.4) is 0 Å². The van der Waals surface area contributed by atoms with Crippen LogP contribution in [0.5, 0.6) is 0 Å². The van der Waals surface area contributed by atoms with Crippen LogP contribution in [-0.2, 0) is 0 Å². The predicted octanol–water partition coefficient (Wildman–Crippen LogP) is -0.689. The number of H-pyrrole nitrogens is 2. The molecule has 138 valence electrons. The number of carbonyl (C=O) groups excluding carboxylic acids is 2. The molecule has 0 saturated heterocycles. The summed E-state index contributed by atoms with van der Waals surface area (Å²) in [6.45, 7) is 0. The molecule has 0 saturated carbocycles. The van der Waals surface area contributed by atoms with E-state index in [0.717, 1.165) is 5.56 Å². The number of hydrogen-bond acceptors (Lipinski definition) is 7. The van der Waals surface area contributed by atoms with Gasteiger partial charge in [-0.25, -0.2) is 21.2 Å². The van der Waals surface area contributed by atoms with Gasteiger partial charge in [-0.1, -0.05) is 30.3 Å². The number of aromatic nitrogens is 2. The fourth-order valence-corrected chi connectivity index (χ4v) is 3.16. The molecule has 0 radical (unpaired) electrons. The summed E-state index contributed by atoms with van der Waals surface area (Å²) in [6.07, 6.45) is 2.82. The van der Waals surface area contributed by atoms with E-state index < -0.39 is 11.8 Å². The third-order valence-electron chi connectivity index (χ3n) is 3.26. The van der Waals surface area contributed by atoms with Gasteiger partial charge < -0.3 is 10.2 Å². The Bertz CT molecular complexity index is 968. The molecule has 27 heavy (non-hydrogen) atoms. The van der Waals surface area contributed by atoms with E-state index in [2.05, 4.69) is 25.7 Å². The number of thiazole rings is 1. The molecular weight excluding hydrogens is 372 g/mol. The molecule has 0 bridgehead atoms. The Morgan fingerprint density at radius 1 is 1.19 bits per heavy atom. The molecule has 0 spiro atoms. The number of oxazole rings is 1. The SMILES string of the molecule is NN/N=C(\N)NC(=O)c1[nH+]c(NC(=O)c2[nH+]cco2)sc1-c1ccccc1. The quantitative estimate of drug-likeness (QED) is 0.167. The highest BCUT2D eigenvalue weighted by Gasteiger charge is 2.29. The number of rotatable bonds is 5. The van der Waals surface area contributed by atoms with Gasteiger partial charge in [0.2, 0.25) is 17.9 Å². The van der Waals surface area contributed by atoms with Gasteiger partial charge in [0.15, 0.2) is 6.26 Å². The first kappa shape index (κ1) is 18.0. The monoisotopic (exact) mass is 388 g/mol. The van der Waals surface area contributed by atoms with Crippen LogP contribution in [0.4, 0.5) is 5.13 Å². The summed E-state index contributed by atoms with van der Waals surface area (Å²) in [7, 11) is 0. The van der Waals surface area contributed by atoms with Crippen LogP contribution in [0, 0.1) is 0 Å². The standard InChI is InChI=1S/C15H14N8O3S/c16-14(22-23-17)20-11(24)9-10(8-4-2-1-3-5-8)27-15(19-9)21-12(25)13-18-6-7-26-13/h1-7,23H,17H2,(H,19,21,25)(H3,16,20,22,24)/p+2. The summed E-state index contributed by atoms with van der Waals surface area (Å²) in [5, 5.41) is 8.83. The second-order valence-corrected chi connectivity index (χ2v) is 6.08. The van der Waals surface area contributed by atoms with Crippen molar-refractivity contribution in [3.63, 3.8) is 0 Å². The molecule has 12 heteroatoms. The van der Waals surface area contributed by atoms with Gasteiger partial charge in [0, 0.05) is 0 Å². The Balaban J connectivity index is 1.93. The van der Waals surface area contributed by atoms with Crippen LogP contribution < -0.4 is 37.7 Å². The maximum atomic E-state index is 12.5. The average molecular weight is 388 g/mol. The largest absolute Gasteiger partial charge is 0.463 e. The number of hydrazine groups is 1. The van der Waals surface area contributed by atoms with Crippen LogP contribution in [0.1, 0.15) is 21.2 Å². The fraction of sp³-hybridized carbons (Fsp3) is 0. The van der Waals surface area contributed by atoms with Crippen molar-refractivity contribution in [2.75, 3.05) is 5.32 Å². The summed E-state index contributed by atoms with van der Waals surface area (Å²) in [4.78, 5) is 30.8. The second kappa shape index (κ2) is 8.07. The highest BCUT2D eigenvalue weighted by atomic mass is 32.1. The number of anilines is 1. The summed E-state index contributed by atoms with van der Waals surface area (Å²) < 4.78 is 5.01. The number of hydrazone groups is 1. The van der Waals surface area contributed by atoms with Crippen LogP contribution in [0.15, 0.2) is 52.3 Å². The van der Waals surface area contributed by atoms with Crippen LogP contribution in [-0.4, -0.2) is 17.8 Å². The number of hydrogen-bond donors (Lipinski definition) is 5. The predicted molar refractivity (Wildman–Crippen MR) is 95.9 cm³/mol. The third-order valence-corrected chi connectivity index (χ3v) is 4.31. The molecular formula is C15H16N8O3S+2. The molecule has 2 heterocycles. The molecule has 0 unspecified atom stereocenters. The lowest BCUT2D eigenvalue weighted by Gasteiger charge is -2.02. The van der Waals surface area contributed by atoms with E-state index in [-0.39, 0.29) is 17.5 Å². The average Bonchev–Trinajstić information content (AvgIpc) is 3.32. The van der Waals surface area contributed by atoms with Crippen molar-refractivity contribution in [1.29, 1.82) is 0 Å². The van der Waals surface area contributed by atoms with Crippen molar-refractivity contribution in [1.82, 2.24) is 10.9 Å². The van der Waals surface area contributed by atoms with Crippen LogP contribution >= 0.6 is 11.3 Å². The van der Waals surface area contributed by atoms with E-state index in [1.165, 1.54) is 23.8 Å². The molecule has 3 rings (SSSR count). The van der Waals surface area contributed by atoms with Crippen molar-refractivity contribution < 1.29 is 24.0 Å². The Morgan fingerprint density at radius 2 is 1.96 bits per heavy atom. The first-order valence-corrected chi connectivity index (χ1v) is 8.38. The number of guanidine groups is 1. The first-order valence-electron chi connectivity index (χ1n) is 7.56. The summed E-state index contributed by atoms with van der Waals surface area (Å²) in [5.41, 5.74) is 8.50. The molecule has 0 aliphatic rings. The van der Waals surface area contributed by atoms with E-state index >= 15 is 0 Å². The molecule has 2 aromatic heterocycles. The van der Waals surface area contributed by atoms with Gasteiger partial charge in [0.1, 0.15) is 0 Å². The van der Waals surface area contributed by atoms with Crippen molar-refractivity contribution in [2.24, 2.45) is 16.7 Å². The number of nitrogens with one attached hydrogen (secondary N) is 5. The van der Waals surface area contributed by atoms with Crippen molar-refractivity contribution in [3.05, 3.63) is 54.4 Å². The van der Waals surface area contributed by atoms with Gasteiger partial charge in [-0.2, -0.15) is 10.3 Å². The number of benzene rings is 1. The molecule has 0 aliphatic carbocycles. The number of nitrogens with zero attached hydrogens (tertiary/aromatic N) is 1. The van der Waals surface area contributed by atoms with E-state index in [0.29, 0.717) is 10.0 Å². The molecule has 0 aliphatic heterocycles. The van der Waals surface area contributed by atoms with Gasteiger partial charge >= 0.3 is 16.9 Å². The molecule has 1 aromatic carbocycles. The van der Waals surface area contributed by atoms with Crippen molar-refractivity contribution >= 4 is 34.2 Å². The lowest BCUT2D eigenvalue weighted by atomic mass is 10.1. The summed E-state index contributed by atoms with van der Waals surface area (Å²) >= 11 is 1.18. The second-order valence-electron chi connectivity index (χ2n) is 5.05. The Kier molecular flexibility index (Phi) is 5.39. The van der Waals surface area contributed by atoms with Gasteiger partial charge in [-0.3, -0.25) is 10.1 Å². The lowest BCUT2D eigenvalue weighted by molar-refractivity contribution is -0.388. The molecule has 2 amide bonds. The van der Waals surface area contributed by atoms with E-state index in [1.54, 1.807) is 0 Å². The van der Waals surface area contributed by atoms with Gasteiger partial charge in [-0.05, 0) is 16.9 Å². The first-order chi connectivity index (χ1) is 13.1. The maximum Gasteiger partial charge on any atom is 0.463 e. The summed E-state index contributed by atoms with van der Waals surface area (Å²) in [5.74, 6) is 3.80. The highest BCUT2D eigenvalue weighted by Crippen LogP contribution is 2.30. The lowest BCUT2D eigenvalue weighted by Crippen LogP contribution is -2.41. The molecule has 3 aromatic rings. The van der Waals surface area contributed by atoms with Gasteiger partial charge in [0.05, 0.1) is 4.88 Å². The minimum absolute atomic E-state index is 0.0226. The zero-order chi connectivity index (χ0) is 19.2. The molecule has 11 nitrogen and oxygen atoms in total. The van der Waals surface area contributed by atoms with E-state index in [9.17, 15) is 9.59 Å². The van der Waals surface area contributed by atoms with E-state index in [1.807, 2.05) is 35.9 Å². The topological polar surface area (TPSA) is 176 Å². The normalized spacial score (nSPS) is 11.1. The van der Waals surface area contributed by atoms with E-state index in [4.69, 9.17) is 16.0 Å². The zero-order valence-corrected chi connectivity index (χ0v) is 14.6. The minimum Gasteiger partial charge on any atom is -0.401 e. The molecule has 0 atom stereocenters. The Labute approximate surface area is 156 Å². The van der Waals surface area contributed by atoms with Crippen molar-refractivity contribution in [3.8, 4) is 10.4 Å². The molecule has 9 N–H and O–H groups in total. The van der Waals surface area contributed by atoms with Crippen LogP contribution in [0.25, 0.3) is 10.4 Å². The smallest absolute Gasteiger partial charge is 0.401 e. The highest BCUT2D eigenvalue weighted by molar-refractivity contribution is 7.19. The van der Waals surface area contributed by atoms with Gasteiger partial charge in [0.25, 0.3) is 5.91 Å². The zero-order valence-electron chi connectivity index (χ0n) is 13.8. The number of amides is 2.